The molecule has 1 atom stereocenters. The Morgan fingerprint density at radius 1 is 1.36 bits per heavy atom. The van der Waals surface area contributed by atoms with E-state index in [0.717, 1.165) is 12.8 Å². The van der Waals surface area contributed by atoms with E-state index in [1.165, 1.54) is 6.20 Å². The molecule has 2 aliphatic rings. The number of rotatable bonds is 2. The first-order chi connectivity index (χ1) is 10.3. The van der Waals surface area contributed by atoms with Crippen LogP contribution in [-0.4, -0.2) is 43.3 Å². The number of imidazole rings is 1. The summed E-state index contributed by atoms with van der Waals surface area (Å²) in [6.45, 7) is 6.28. The summed E-state index contributed by atoms with van der Waals surface area (Å²) < 4.78 is 7.20. The van der Waals surface area contributed by atoms with Gasteiger partial charge in [-0.15, -0.1) is 0 Å². The summed E-state index contributed by atoms with van der Waals surface area (Å²) in [5.41, 5.74) is -0.367. The molecule has 0 spiro atoms. The summed E-state index contributed by atoms with van der Waals surface area (Å²) in [4.78, 5) is 29.6. The molecule has 1 aromatic rings. The van der Waals surface area contributed by atoms with E-state index in [-0.39, 0.29) is 17.8 Å². The van der Waals surface area contributed by atoms with Gasteiger partial charge in [-0.2, -0.15) is 0 Å². The lowest BCUT2D eigenvalue weighted by molar-refractivity contribution is 0.00384. The van der Waals surface area contributed by atoms with Crippen LogP contribution in [-0.2, 0) is 17.8 Å². The van der Waals surface area contributed by atoms with Gasteiger partial charge in [0.05, 0.1) is 18.8 Å². The van der Waals surface area contributed by atoms with Crippen molar-refractivity contribution in [3.8, 4) is 0 Å². The molecule has 1 saturated carbocycles. The van der Waals surface area contributed by atoms with E-state index in [1.807, 2.05) is 20.8 Å². The third kappa shape index (κ3) is 2.80. The molecule has 0 radical (unpaired) electrons. The number of aromatic carboxylic acids is 1. The quantitative estimate of drug-likeness (QED) is 0.904. The van der Waals surface area contributed by atoms with Crippen molar-refractivity contribution in [1.29, 1.82) is 0 Å². The summed E-state index contributed by atoms with van der Waals surface area (Å²) in [6, 6.07) is -0.0188. The Kier molecular flexibility index (Phi) is 3.38. The predicted molar refractivity (Wildman–Crippen MR) is 77.5 cm³/mol. The van der Waals surface area contributed by atoms with Gasteiger partial charge in [0, 0.05) is 6.54 Å². The first-order valence-electron chi connectivity index (χ1n) is 7.53. The Balaban J connectivity index is 1.87. The zero-order valence-electron chi connectivity index (χ0n) is 13.1. The molecular formula is C15H21N3O4. The highest BCUT2D eigenvalue weighted by atomic mass is 16.6. The van der Waals surface area contributed by atoms with Crippen LogP contribution in [0, 0.1) is 5.92 Å². The Bertz CT molecular complexity index is 613. The highest BCUT2D eigenvalue weighted by Crippen LogP contribution is 2.39. The van der Waals surface area contributed by atoms with E-state index in [1.54, 1.807) is 9.47 Å². The summed E-state index contributed by atoms with van der Waals surface area (Å²) in [5.74, 6) is 0.0314. The topological polar surface area (TPSA) is 84.7 Å². The number of carbonyl (C=O) groups excluding carboxylic acids is 1. The van der Waals surface area contributed by atoms with Crippen LogP contribution in [0.3, 0.4) is 0 Å². The van der Waals surface area contributed by atoms with Crippen LogP contribution >= 0.6 is 0 Å². The number of nitrogens with zero attached hydrogens (tertiary/aromatic N) is 3. The molecule has 120 valence electrons. The second-order valence-corrected chi connectivity index (χ2v) is 6.99. The molecular weight excluding hydrogens is 286 g/mol. The summed E-state index contributed by atoms with van der Waals surface area (Å²) in [7, 11) is 0. The lowest BCUT2D eigenvalue weighted by atomic mass is 10.1. The molecule has 1 aliphatic carbocycles. The molecule has 7 nitrogen and oxygen atoms in total. The number of carboxylic acids is 1. The number of ether oxygens (including phenoxy) is 1. The predicted octanol–water partition coefficient (Wildman–Crippen LogP) is 2.11. The van der Waals surface area contributed by atoms with E-state index in [0.29, 0.717) is 24.8 Å². The van der Waals surface area contributed by atoms with E-state index >= 15 is 0 Å². The first-order valence-corrected chi connectivity index (χ1v) is 7.53. The van der Waals surface area contributed by atoms with Crippen molar-refractivity contribution in [2.75, 3.05) is 0 Å². The number of hydrogen-bond donors (Lipinski definition) is 1. The van der Waals surface area contributed by atoms with E-state index in [4.69, 9.17) is 4.74 Å². The third-order valence-corrected chi connectivity index (χ3v) is 4.03. The average molecular weight is 307 g/mol. The lowest BCUT2D eigenvalue weighted by Crippen LogP contribution is -2.49. The van der Waals surface area contributed by atoms with E-state index in [9.17, 15) is 14.7 Å². The zero-order chi connectivity index (χ0) is 16.1. The van der Waals surface area contributed by atoms with Crippen molar-refractivity contribution < 1.29 is 19.4 Å². The molecule has 2 heterocycles. The van der Waals surface area contributed by atoms with Gasteiger partial charge in [-0.3, -0.25) is 4.90 Å². The van der Waals surface area contributed by atoms with Gasteiger partial charge in [-0.25, -0.2) is 14.6 Å². The van der Waals surface area contributed by atoms with E-state index in [2.05, 4.69) is 4.98 Å². The van der Waals surface area contributed by atoms with Crippen molar-refractivity contribution in [1.82, 2.24) is 14.5 Å². The molecule has 0 aromatic carbocycles. The highest BCUT2D eigenvalue weighted by Gasteiger charge is 2.43. The van der Waals surface area contributed by atoms with Crippen LogP contribution in [0.15, 0.2) is 6.20 Å². The number of hydrogen-bond acceptors (Lipinski definition) is 4. The number of carboxylic acid groups (broad SMARTS) is 1. The summed E-state index contributed by atoms with van der Waals surface area (Å²) in [6.07, 6.45) is 3.14. The molecule has 1 N–H and O–H groups in total. The summed E-state index contributed by atoms with van der Waals surface area (Å²) >= 11 is 0. The van der Waals surface area contributed by atoms with Gasteiger partial charge in [0.2, 0.25) is 0 Å². The second kappa shape index (κ2) is 5.00. The zero-order valence-corrected chi connectivity index (χ0v) is 13.1. The fourth-order valence-electron chi connectivity index (χ4n) is 2.87. The Hall–Kier alpha value is -2.05. The van der Waals surface area contributed by atoms with Crippen molar-refractivity contribution in [2.45, 2.75) is 58.3 Å². The maximum absolute atomic E-state index is 12.5. The molecule has 0 saturated heterocycles. The van der Waals surface area contributed by atoms with Gasteiger partial charge in [-0.05, 0) is 39.5 Å². The minimum atomic E-state index is -0.987. The first kappa shape index (κ1) is 14.9. The smallest absolute Gasteiger partial charge is 0.411 e. The minimum Gasteiger partial charge on any atom is -0.477 e. The molecule has 22 heavy (non-hydrogen) atoms. The maximum atomic E-state index is 12.5. The highest BCUT2D eigenvalue weighted by molar-refractivity contribution is 5.85. The SMILES string of the molecule is CC(C)(C)OC(=O)N1Cc2ncc(C(=O)O)n2CC1C1CC1. The fourth-order valence-corrected chi connectivity index (χ4v) is 2.87. The molecule has 3 rings (SSSR count). The Morgan fingerprint density at radius 2 is 2.05 bits per heavy atom. The normalized spacial score (nSPS) is 21.4. The van der Waals surface area contributed by atoms with Gasteiger partial charge in [0.25, 0.3) is 0 Å². The fraction of sp³-hybridized carbons (Fsp3) is 0.667. The Morgan fingerprint density at radius 3 is 2.59 bits per heavy atom. The molecule has 0 bridgehead atoms. The Labute approximate surface area is 128 Å². The molecule has 1 fully saturated rings. The number of amides is 1. The van der Waals surface area contributed by atoms with Crippen LogP contribution in [0.2, 0.25) is 0 Å². The van der Waals surface area contributed by atoms with Crippen molar-refractivity contribution in [3.05, 3.63) is 17.7 Å². The van der Waals surface area contributed by atoms with Crippen LogP contribution in [0.5, 0.6) is 0 Å². The maximum Gasteiger partial charge on any atom is 0.411 e. The largest absolute Gasteiger partial charge is 0.477 e. The minimum absolute atomic E-state index is 0.0188. The monoisotopic (exact) mass is 307 g/mol. The van der Waals surface area contributed by atoms with Gasteiger partial charge in [0.15, 0.2) is 0 Å². The lowest BCUT2D eigenvalue weighted by Gasteiger charge is -2.37. The van der Waals surface area contributed by atoms with Crippen molar-refractivity contribution >= 4 is 12.1 Å². The average Bonchev–Trinajstić information content (AvgIpc) is 3.14. The van der Waals surface area contributed by atoms with E-state index < -0.39 is 11.6 Å². The number of aromatic nitrogens is 2. The number of fused-ring (bicyclic) bond motifs is 1. The molecule has 7 heteroatoms. The number of carbonyl (C=O) groups is 2. The third-order valence-electron chi connectivity index (χ3n) is 4.03. The second-order valence-electron chi connectivity index (χ2n) is 6.99. The van der Waals surface area contributed by atoms with Crippen LogP contribution < -0.4 is 0 Å². The standard InChI is InChI=1S/C15H21N3O4/c1-15(2,3)22-14(21)18-8-12-16-6-10(13(19)20)17(12)7-11(18)9-4-5-9/h6,9,11H,4-5,7-8H2,1-3H3,(H,19,20). The molecule has 1 unspecified atom stereocenters. The molecule has 1 amide bonds. The van der Waals surface area contributed by atoms with Crippen LogP contribution in [0.25, 0.3) is 0 Å². The summed E-state index contributed by atoms with van der Waals surface area (Å²) in [5, 5.41) is 9.23. The van der Waals surface area contributed by atoms with Crippen molar-refractivity contribution in [2.24, 2.45) is 5.92 Å². The van der Waals surface area contributed by atoms with Crippen LogP contribution in [0.1, 0.15) is 49.9 Å². The van der Waals surface area contributed by atoms with Crippen molar-refractivity contribution in [3.63, 3.8) is 0 Å². The van der Waals surface area contributed by atoms with Gasteiger partial charge in [0.1, 0.15) is 17.1 Å². The van der Waals surface area contributed by atoms with Gasteiger partial charge < -0.3 is 14.4 Å². The van der Waals surface area contributed by atoms with Gasteiger partial charge in [-0.1, -0.05) is 0 Å². The molecule has 1 aliphatic heterocycles. The molecule has 1 aromatic heterocycles. The van der Waals surface area contributed by atoms with Crippen LogP contribution in [0.4, 0.5) is 4.79 Å². The van der Waals surface area contributed by atoms with Gasteiger partial charge >= 0.3 is 12.1 Å².